The molecule has 1 spiro atoms. The summed E-state index contributed by atoms with van der Waals surface area (Å²) in [5, 5.41) is 0.804. The lowest BCUT2D eigenvalue weighted by molar-refractivity contribution is -0.132. The van der Waals surface area contributed by atoms with Crippen molar-refractivity contribution < 1.29 is 14.0 Å². The van der Waals surface area contributed by atoms with Gasteiger partial charge in [-0.3, -0.25) is 9.59 Å². The zero-order chi connectivity index (χ0) is 19.0. The smallest absolute Gasteiger partial charge is 0.253 e. The third-order valence-corrected chi connectivity index (χ3v) is 7.45. The van der Waals surface area contributed by atoms with Crippen molar-refractivity contribution in [2.75, 3.05) is 18.8 Å². The van der Waals surface area contributed by atoms with Crippen molar-refractivity contribution in [1.82, 2.24) is 9.80 Å². The summed E-state index contributed by atoms with van der Waals surface area (Å²) in [4.78, 5) is 28.7. The van der Waals surface area contributed by atoms with E-state index in [1.54, 1.807) is 36.2 Å². The quantitative estimate of drug-likeness (QED) is 0.736. The van der Waals surface area contributed by atoms with Gasteiger partial charge < -0.3 is 14.2 Å². The van der Waals surface area contributed by atoms with Crippen molar-refractivity contribution in [3.05, 3.63) is 58.0 Å². The standard InChI is InChI=1S/C19H18Cl2N2O3S/c20-15-4-3-13(10-16(15)21)18(25)22-7-5-19(6-8-22)23(17(24)12-27-19)11-14-2-1-9-26-14/h1-4,9-10H,5-8,11-12H2. The maximum Gasteiger partial charge on any atom is 0.253 e. The summed E-state index contributed by atoms with van der Waals surface area (Å²) in [6.07, 6.45) is 3.09. The predicted molar refractivity (Wildman–Crippen MR) is 106 cm³/mol. The molecule has 2 saturated heterocycles. The number of piperidine rings is 1. The molecule has 2 amide bonds. The number of halogens is 2. The van der Waals surface area contributed by atoms with Crippen LogP contribution in [0.3, 0.4) is 0 Å². The number of carbonyl (C=O) groups excluding carboxylic acids is 2. The average Bonchev–Trinajstić information content (AvgIpc) is 3.29. The molecule has 2 aliphatic heterocycles. The minimum Gasteiger partial charge on any atom is -0.467 e. The summed E-state index contributed by atoms with van der Waals surface area (Å²) in [6, 6.07) is 8.64. The lowest BCUT2D eigenvalue weighted by Crippen LogP contribution is -2.52. The minimum absolute atomic E-state index is 0.0599. The molecule has 2 aliphatic rings. The molecule has 4 rings (SSSR count). The molecule has 2 fully saturated rings. The van der Waals surface area contributed by atoms with Gasteiger partial charge in [-0.1, -0.05) is 23.2 Å². The molecule has 0 atom stereocenters. The van der Waals surface area contributed by atoms with Crippen LogP contribution in [-0.2, 0) is 11.3 Å². The second-order valence-electron chi connectivity index (χ2n) is 6.72. The Morgan fingerprint density at radius 1 is 1.19 bits per heavy atom. The van der Waals surface area contributed by atoms with Gasteiger partial charge in [0.25, 0.3) is 5.91 Å². The molecule has 142 valence electrons. The summed E-state index contributed by atoms with van der Waals surface area (Å²) in [5.41, 5.74) is 0.531. The number of thioether (sulfide) groups is 1. The van der Waals surface area contributed by atoms with Crippen molar-refractivity contribution in [2.24, 2.45) is 0 Å². The van der Waals surface area contributed by atoms with Crippen LogP contribution in [0.25, 0.3) is 0 Å². The molecule has 0 bridgehead atoms. The number of carbonyl (C=O) groups is 2. The van der Waals surface area contributed by atoms with E-state index in [0.717, 1.165) is 18.6 Å². The van der Waals surface area contributed by atoms with Crippen LogP contribution < -0.4 is 0 Å². The van der Waals surface area contributed by atoms with Gasteiger partial charge in [-0.05, 0) is 43.2 Å². The van der Waals surface area contributed by atoms with Gasteiger partial charge in [0.15, 0.2) is 0 Å². The summed E-state index contributed by atoms with van der Waals surface area (Å²) in [5.74, 6) is 1.32. The first-order valence-corrected chi connectivity index (χ1v) is 10.4. The Labute approximate surface area is 171 Å². The minimum atomic E-state index is -0.266. The summed E-state index contributed by atoms with van der Waals surface area (Å²) in [7, 11) is 0. The van der Waals surface area contributed by atoms with E-state index in [1.165, 1.54) is 0 Å². The van der Waals surface area contributed by atoms with Crippen LogP contribution in [0.5, 0.6) is 0 Å². The number of likely N-dealkylation sites (tertiary alicyclic amines) is 1. The van der Waals surface area contributed by atoms with Crippen LogP contribution in [-0.4, -0.2) is 45.3 Å². The van der Waals surface area contributed by atoms with Crippen molar-refractivity contribution in [3.8, 4) is 0 Å². The highest BCUT2D eigenvalue weighted by molar-refractivity contribution is 8.01. The van der Waals surface area contributed by atoms with Gasteiger partial charge >= 0.3 is 0 Å². The highest BCUT2D eigenvalue weighted by Gasteiger charge is 2.48. The number of hydrogen-bond acceptors (Lipinski definition) is 4. The molecule has 8 heteroatoms. The molecular weight excluding hydrogens is 407 g/mol. The average molecular weight is 425 g/mol. The Kier molecular flexibility index (Phi) is 5.14. The highest BCUT2D eigenvalue weighted by atomic mass is 35.5. The molecule has 0 aliphatic carbocycles. The number of nitrogens with zero attached hydrogens (tertiary/aromatic N) is 2. The Bertz CT molecular complexity index is 864. The lowest BCUT2D eigenvalue weighted by atomic mass is 10.0. The maximum atomic E-state index is 12.8. The SMILES string of the molecule is O=C(c1ccc(Cl)c(Cl)c1)N1CCC2(CC1)SCC(=O)N2Cc1ccco1. The van der Waals surface area contributed by atoms with Gasteiger partial charge in [-0.15, -0.1) is 11.8 Å². The van der Waals surface area contributed by atoms with Crippen LogP contribution in [0.2, 0.25) is 10.0 Å². The summed E-state index contributed by atoms with van der Waals surface area (Å²) in [6.45, 7) is 1.65. The van der Waals surface area contributed by atoms with E-state index in [2.05, 4.69) is 0 Å². The molecule has 27 heavy (non-hydrogen) atoms. The zero-order valence-electron chi connectivity index (χ0n) is 14.5. The van der Waals surface area contributed by atoms with Crippen molar-refractivity contribution >= 4 is 46.8 Å². The van der Waals surface area contributed by atoms with Crippen molar-refractivity contribution in [3.63, 3.8) is 0 Å². The first-order valence-electron chi connectivity index (χ1n) is 8.70. The van der Waals surface area contributed by atoms with E-state index in [0.29, 0.717) is 41.0 Å². The Morgan fingerprint density at radius 2 is 1.96 bits per heavy atom. The topological polar surface area (TPSA) is 53.8 Å². The third-order valence-electron chi connectivity index (χ3n) is 5.15. The second kappa shape index (κ2) is 7.41. The van der Waals surface area contributed by atoms with E-state index >= 15 is 0 Å². The fraction of sp³-hybridized carbons (Fsp3) is 0.368. The monoisotopic (exact) mass is 424 g/mol. The van der Waals surface area contributed by atoms with Crippen LogP contribution in [0.1, 0.15) is 29.0 Å². The van der Waals surface area contributed by atoms with E-state index in [1.807, 2.05) is 21.9 Å². The van der Waals surface area contributed by atoms with Crippen molar-refractivity contribution in [2.45, 2.75) is 24.3 Å². The molecule has 1 aromatic heterocycles. The van der Waals surface area contributed by atoms with Crippen molar-refractivity contribution in [1.29, 1.82) is 0 Å². The molecule has 0 radical (unpaired) electrons. The molecule has 0 saturated carbocycles. The number of benzene rings is 1. The first-order chi connectivity index (χ1) is 13.0. The number of amides is 2. The third kappa shape index (κ3) is 3.58. The molecular formula is C19H18Cl2N2O3S. The molecule has 2 aromatic rings. The molecule has 0 unspecified atom stereocenters. The molecule has 1 aromatic carbocycles. The fourth-order valence-electron chi connectivity index (χ4n) is 3.66. The van der Waals surface area contributed by atoms with Crippen LogP contribution in [0, 0.1) is 0 Å². The Balaban J connectivity index is 1.46. The second-order valence-corrected chi connectivity index (χ2v) is 8.87. The van der Waals surface area contributed by atoms with Gasteiger partial charge in [0, 0.05) is 18.7 Å². The Hall–Kier alpha value is -1.63. The summed E-state index contributed by atoms with van der Waals surface area (Å²) < 4.78 is 5.42. The van der Waals surface area contributed by atoms with Gasteiger partial charge in [0.2, 0.25) is 5.91 Å². The lowest BCUT2D eigenvalue weighted by Gasteiger charge is -2.43. The number of furan rings is 1. The summed E-state index contributed by atoms with van der Waals surface area (Å²) >= 11 is 13.7. The van der Waals surface area contributed by atoms with E-state index in [4.69, 9.17) is 27.6 Å². The Morgan fingerprint density at radius 3 is 2.63 bits per heavy atom. The van der Waals surface area contributed by atoms with Crippen LogP contribution in [0.4, 0.5) is 0 Å². The highest BCUT2D eigenvalue weighted by Crippen LogP contribution is 2.45. The van der Waals surface area contributed by atoms with Gasteiger partial charge in [0.05, 0.1) is 33.5 Å². The molecule has 5 nitrogen and oxygen atoms in total. The van der Waals surface area contributed by atoms with Crippen LogP contribution in [0.15, 0.2) is 41.0 Å². The number of rotatable bonds is 3. The van der Waals surface area contributed by atoms with E-state index in [-0.39, 0.29) is 16.7 Å². The zero-order valence-corrected chi connectivity index (χ0v) is 16.8. The van der Waals surface area contributed by atoms with Crippen LogP contribution >= 0.6 is 35.0 Å². The largest absolute Gasteiger partial charge is 0.467 e. The molecule has 3 heterocycles. The van der Waals surface area contributed by atoms with E-state index in [9.17, 15) is 9.59 Å². The normalized spacial score (nSPS) is 19.1. The maximum absolute atomic E-state index is 12.8. The predicted octanol–water partition coefficient (Wildman–Crippen LogP) is 4.29. The molecule has 0 N–H and O–H groups in total. The fourth-order valence-corrected chi connectivity index (χ4v) is 5.29. The van der Waals surface area contributed by atoms with Gasteiger partial charge in [-0.25, -0.2) is 0 Å². The van der Waals surface area contributed by atoms with Gasteiger partial charge in [-0.2, -0.15) is 0 Å². The number of hydrogen-bond donors (Lipinski definition) is 0. The first kappa shape index (κ1) is 18.7. The van der Waals surface area contributed by atoms with Gasteiger partial charge in [0.1, 0.15) is 5.76 Å². The van der Waals surface area contributed by atoms with E-state index < -0.39 is 0 Å².